The lowest BCUT2D eigenvalue weighted by molar-refractivity contribution is -0.141. The Morgan fingerprint density at radius 1 is 1.00 bits per heavy atom. The van der Waals surface area contributed by atoms with E-state index in [0.717, 1.165) is 33.4 Å². The summed E-state index contributed by atoms with van der Waals surface area (Å²) in [5.41, 5.74) is 5.89. The Bertz CT molecular complexity index is 1540. The Morgan fingerprint density at radius 2 is 1.66 bits per heavy atom. The SMILES string of the molecule is COC(=O)Cn1nnc(-c2ccc(/C=C/c3ccc(-c4nc5ccccc5o4)cc3)cc2)c1C#N. The maximum Gasteiger partial charge on any atom is 0.327 e. The number of carbonyl (C=O) groups is 1. The van der Waals surface area contributed by atoms with E-state index in [4.69, 9.17) is 4.42 Å². The molecule has 8 heteroatoms. The Labute approximate surface area is 200 Å². The van der Waals surface area contributed by atoms with Gasteiger partial charge < -0.3 is 9.15 Å². The number of nitrogens with zero attached hydrogens (tertiary/aromatic N) is 5. The number of fused-ring (bicyclic) bond motifs is 1. The molecule has 2 aromatic heterocycles. The lowest BCUT2D eigenvalue weighted by atomic mass is 10.1. The van der Waals surface area contributed by atoms with Crippen LogP contribution in [0.3, 0.4) is 0 Å². The van der Waals surface area contributed by atoms with E-state index >= 15 is 0 Å². The van der Waals surface area contributed by atoms with Crippen LogP contribution in [0.15, 0.2) is 77.2 Å². The van der Waals surface area contributed by atoms with Crippen LogP contribution in [0.4, 0.5) is 0 Å². The fraction of sp³-hybridized carbons (Fsp3) is 0.0741. The van der Waals surface area contributed by atoms with Crippen molar-refractivity contribution in [3.8, 4) is 28.8 Å². The highest BCUT2D eigenvalue weighted by Gasteiger charge is 2.16. The van der Waals surface area contributed by atoms with Crippen LogP contribution in [0.2, 0.25) is 0 Å². The van der Waals surface area contributed by atoms with E-state index in [1.165, 1.54) is 11.8 Å². The Balaban J connectivity index is 1.30. The topological polar surface area (TPSA) is 107 Å². The number of rotatable bonds is 6. The third kappa shape index (κ3) is 4.56. The smallest absolute Gasteiger partial charge is 0.327 e. The van der Waals surface area contributed by atoms with E-state index in [1.54, 1.807) is 0 Å². The van der Waals surface area contributed by atoms with Gasteiger partial charge in [-0.15, -0.1) is 5.10 Å². The number of aromatic nitrogens is 4. The van der Waals surface area contributed by atoms with Crippen molar-refractivity contribution < 1.29 is 13.9 Å². The van der Waals surface area contributed by atoms with Gasteiger partial charge in [-0.25, -0.2) is 9.67 Å². The number of oxazole rings is 1. The van der Waals surface area contributed by atoms with Crippen LogP contribution in [0.1, 0.15) is 16.8 Å². The summed E-state index contributed by atoms with van der Waals surface area (Å²) in [6.45, 7) is -0.168. The summed E-state index contributed by atoms with van der Waals surface area (Å²) in [7, 11) is 1.28. The monoisotopic (exact) mass is 461 g/mol. The lowest BCUT2D eigenvalue weighted by Crippen LogP contribution is -2.14. The summed E-state index contributed by atoms with van der Waals surface area (Å²) >= 11 is 0. The molecule has 0 saturated carbocycles. The number of benzene rings is 3. The molecule has 0 aliphatic carbocycles. The summed E-state index contributed by atoms with van der Waals surface area (Å²) in [6, 6.07) is 25.3. The first-order chi connectivity index (χ1) is 17.1. The maximum absolute atomic E-state index is 11.5. The van der Waals surface area contributed by atoms with E-state index < -0.39 is 5.97 Å². The highest BCUT2D eigenvalue weighted by atomic mass is 16.5. The normalized spacial score (nSPS) is 11.1. The van der Waals surface area contributed by atoms with Gasteiger partial charge in [0, 0.05) is 11.1 Å². The van der Waals surface area contributed by atoms with Gasteiger partial charge in [-0.3, -0.25) is 4.79 Å². The van der Waals surface area contributed by atoms with E-state index in [-0.39, 0.29) is 12.2 Å². The minimum Gasteiger partial charge on any atom is -0.468 e. The summed E-state index contributed by atoms with van der Waals surface area (Å²) in [4.78, 5) is 16.1. The molecule has 0 N–H and O–H groups in total. The van der Waals surface area contributed by atoms with Gasteiger partial charge in [-0.05, 0) is 35.4 Å². The molecule has 0 fully saturated rings. The molecule has 5 rings (SSSR count). The summed E-state index contributed by atoms with van der Waals surface area (Å²) in [5, 5.41) is 17.5. The zero-order valence-corrected chi connectivity index (χ0v) is 18.8. The summed E-state index contributed by atoms with van der Waals surface area (Å²) in [6.07, 6.45) is 4.01. The van der Waals surface area contributed by atoms with Crippen LogP contribution in [0, 0.1) is 11.3 Å². The van der Waals surface area contributed by atoms with Crippen LogP contribution in [-0.2, 0) is 16.1 Å². The summed E-state index contributed by atoms with van der Waals surface area (Å²) < 4.78 is 11.7. The number of methoxy groups -OCH3 is 1. The van der Waals surface area contributed by atoms with E-state index in [0.29, 0.717) is 11.6 Å². The molecule has 0 aliphatic rings. The number of esters is 1. The number of nitriles is 1. The van der Waals surface area contributed by atoms with E-state index in [1.807, 2.05) is 84.9 Å². The first-order valence-corrected chi connectivity index (χ1v) is 10.8. The van der Waals surface area contributed by atoms with Gasteiger partial charge in [0.1, 0.15) is 23.8 Å². The van der Waals surface area contributed by atoms with E-state index in [9.17, 15) is 10.1 Å². The molecule has 0 atom stereocenters. The first-order valence-electron chi connectivity index (χ1n) is 10.8. The fourth-order valence-electron chi connectivity index (χ4n) is 3.59. The largest absolute Gasteiger partial charge is 0.468 e. The van der Waals surface area contributed by atoms with Crippen molar-refractivity contribution in [2.75, 3.05) is 7.11 Å². The van der Waals surface area contributed by atoms with Crippen molar-refractivity contribution in [2.24, 2.45) is 0 Å². The lowest BCUT2D eigenvalue weighted by Gasteiger charge is -2.01. The molecule has 0 aliphatic heterocycles. The number of ether oxygens (including phenoxy) is 1. The van der Waals surface area contributed by atoms with Gasteiger partial charge in [0.15, 0.2) is 11.3 Å². The number of hydrogen-bond donors (Lipinski definition) is 0. The van der Waals surface area contributed by atoms with Crippen LogP contribution >= 0.6 is 0 Å². The molecule has 0 radical (unpaired) electrons. The highest BCUT2D eigenvalue weighted by molar-refractivity contribution is 5.77. The molecule has 8 nitrogen and oxygen atoms in total. The van der Waals surface area contributed by atoms with Crippen LogP contribution in [0.5, 0.6) is 0 Å². The number of hydrogen-bond acceptors (Lipinski definition) is 7. The van der Waals surface area contributed by atoms with Gasteiger partial charge in [-0.1, -0.05) is 65.9 Å². The molecular formula is C27H19N5O3. The molecule has 2 heterocycles. The first kappa shape index (κ1) is 21.8. The molecule has 3 aromatic carbocycles. The van der Waals surface area contributed by atoms with Crippen molar-refractivity contribution in [1.29, 1.82) is 5.26 Å². The number of para-hydroxylation sites is 2. The second-order valence-electron chi connectivity index (χ2n) is 7.70. The minimum absolute atomic E-state index is 0.168. The van der Waals surface area contributed by atoms with Gasteiger partial charge in [0.05, 0.1) is 7.11 Å². The van der Waals surface area contributed by atoms with Gasteiger partial charge in [0.25, 0.3) is 0 Å². The Morgan fingerprint density at radius 3 is 2.29 bits per heavy atom. The predicted octanol–water partition coefficient (Wildman–Crippen LogP) is 4.97. The van der Waals surface area contributed by atoms with Gasteiger partial charge in [0.2, 0.25) is 5.89 Å². The van der Waals surface area contributed by atoms with Crippen molar-refractivity contribution in [1.82, 2.24) is 20.0 Å². The second-order valence-corrected chi connectivity index (χ2v) is 7.70. The van der Waals surface area contributed by atoms with Crippen molar-refractivity contribution in [3.05, 3.63) is 89.6 Å². The van der Waals surface area contributed by atoms with Gasteiger partial charge >= 0.3 is 5.97 Å². The van der Waals surface area contributed by atoms with Crippen molar-refractivity contribution in [3.63, 3.8) is 0 Å². The van der Waals surface area contributed by atoms with Crippen molar-refractivity contribution >= 4 is 29.2 Å². The predicted molar refractivity (Wildman–Crippen MR) is 131 cm³/mol. The zero-order chi connectivity index (χ0) is 24.2. The maximum atomic E-state index is 11.5. The quantitative estimate of drug-likeness (QED) is 0.260. The van der Waals surface area contributed by atoms with Crippen LogP contribution in [-0.4, -0.2) is 33.1 Å². The van der Waals surface area contributed by atoms with Crippen LogP contribution in [0.25, 0.3) is 46.0 Å². The zero-order valence-electron chi connectivity index (χ0n) is 18.8. The molecular weight excluding hydrogens is 442 g/mol. The Kier molecular flexibility index (Phi) is 5.89. The molecule has 0 saturated heterocycles. The summed E-state index contributed by atoms with van der Waals surface area (Å²) in [5.74, 6) is 0.0953. The average molecular weight is 461 g/mol. The number of carbonyl (C=O) groups excluding carboxylic acids is 1. The second kappa shape index (κ2) is 9.45. The highest BCUT2D eigenvalue weighted by Crippen LogP contribution is 2.25. The fourth-order valence-corrected chi connectivity index (χ4v) is 3.59. The van der Waals surface area contributed by atoms with E-state index in [2.05, 4.69) is 26.1 Å². The van der Waals surface area contributed by atoms with Crippen LogP contribution < -0.4 is 0 Å². The Hall–Kier alpha value is -5.03. The molecule has 35 heavy (non-hydrogen) atoms. The third-order valence-electron chi connectivity index (χ3n) is 5.45. The standard InChI is InChI=1S/C27H19N5O3/c1-34-25(33)17-32-23(16-28)26(30-31-32)20-12-8-18(9-13-20)6-7-19-10-14-21(15-11-19)27-29-22-4-2-3-5-24(22)35-27/h2-15H,17H2,1H3/b7-6+. The molecule has 5 aromatic rings. The molecule has 0 unspecified atom stereocenters. The third-order valence-corrected chi connectivity index (χ3v) is 5.45. The average Bonchev–Trinajstić information content (AvgIpc) is 3.52. The van der Waals surface area contributed by atoms with Crippen molar-refractivity contribution in [2.45, 2.75) is 6.54 Å². The minimum atomic E-state index is -0.500. The molecule has 0 amide bonds. The molecule has 0 bridgehead atoms. The molecule has 0 spiro atoms. The van der Waals surface area contributed by atoms with Gasteiger partial charge in [-0.2, -0.15) is 5.26 Å². The molecule has 170 valence electrons.